The molecule has 2 rings (SSSR count). The second kappa shape index (κ2) is 5.28. The summed E-state index contributed by atoms with van der Waals surface area (Å²) in [5, 5.41) is 8.82. The van der Waals surface area contributed by atoms with Gasteiger partial charge in [-0.15, -0.1) is 0 Å². The largest absolute Gasteiger partial charge is 0.480 e. The molecule has 1 saturated heterocycles. The summed E-state index contributed by atoms with van der Waals surface area (Å²) in [5.41, 5.74) is 7.42. The molecule has 2 unspecified atom stereocenters. The van der Waals surface area contributed by atoms with Gasteiger partial charge in [0.15, 0.2) is 5.79 Å². The van der Waals surface area contributed by atoms with Gasteiger partial charge in [-0.1, -0.05) is 24.3 Å². The first-order valence-electron chi connectivity index (χ1n) is 6.26. The van der Waals surface area contributed by atoms with Crippen LogP contribution in [0.15, 0.2) is 24.3 Å². The lowest BCUT2D eigenvalue weighted by Gasteiger charge is -2.17. The average Bonchev–Trinajstić information content (AvgIpc) is 2.70. The lowest BCUT2D eigenvalue weighted by atomic mass is 10.0. The van der Waals surface area contributed by atoms with Gasteiger partial charge in [0, 0.05) is 0 Å². The number of carbonyl (C=O) groups is 1. The molecular weight excluding hydrogens is 246 g/mol. The van der Waals surface area contributed by atoms with Crippen LogP contribution in [0.2, 0.25) is 0 Å². The normalized spacial score (nSPS) is 23.2. The van der Waals surface area contributed by atoms with E-state index in [2.05, 4.69) is 0 Å². The molecule has 1 heterocycles. The predicted molar refractivity (Wildman–Crippen MR) is 69.6 cm³/mol. The number of carboxylic acids is 1. The summed E-state index contributed by atoms with van der Waals surface area (Å²) in [6.07, 6.45) is 0.191. The van der Waals surface area contributed by atoms with Gasteiger partial charge in [0.05, 0.1) is 6.61 Å². The smallest absolute Gasteiger partial charge is 0.320 e. The second-order valence-electron chi connectivity index (χ2n) is 5.21. The Morgan fingerprint density at radius 1 is 1.58 bits per heavy atom. The molecule has 1 aromatic rings. The van der Waals surface area contributed by atoms with Crippen LogP contribution in [-0.2, 0) is 20.7 Å². The maximum atomic E-state index is 10.8. The van der Waals surface area contributed by atoms with E-state index in [-0.39, 0.29) is 6.10 Å². The van der Waals surface area contributed by atoms with Crippen molar-refractivity contribution in [3.8, 4) is 0 Å². The quantitative estimate of drug-likeness (QED) is 0.861. The molecule has 2 atom stereocenters. The minimum atomic E-state index is -0.994. The Balaban J connectivity index is 2.09. The van der Waals surface area contributed by atoms with Gasteiger partial charge in [-0.25, -0.2) is 0 Å². The fraction of sp³-hybridized carbons (Fsp3) is 0.500. The Labute approximate surface area is 112 Å². The molecule has 1 aromatic carbocycles. The molecule has 0 spiro atoms. The van der Waals surface area contributed by atoms with E-state index in [1.165, 1.54) is 0 Å². The molecule has 5 heteroatoms. The number of benzene rings is 1. The summed E-state index contributed by atoms with van der Waals surface area (Å²) in [6, 6.07) is 6.75. The van der Waals surface area contributed by atoms with E-state index in [0.29, 0.717) is 13.0 Å². The van der Waals surface area contributed by atoms with Gasteiger partial charge in [0.1, 0.15) is 12.1 Å². The van der Waals surface area contributed by atoms with Crippen LogP contribution in [0.4, 0.5) is 0 Å². The number of rotatable bonds is 4. The molecule has 0 amide bonds. The minimum absolute atomic E-state index is 0.115. The van der Waals surface area contributed by atoms with Gasteiger partial charge in [0.2, 0.25) is 0 Å². The summed E-state index contributed by atoms with van der Waals surface area (Å²) in [5.74, 6) is -1.56. The molecular formula is C14H19NO4. The molecule has 0 aromatic heterocycles. The van der Waals surface area contributed by atoms with Gasteiger partial charge in [0.25, 0.3) is 0 Å². The Morgan fingerprint density at radius 2 is 2.32 bits per heavy atom. The highest BCUT2D eigenvalue weighted by Crippen LogP contribution is 2.33. The van der Waals surface area contributed by atoms with Crippen molar-refractivity contribution in [2.75, 3.05) is 6.61 Å². The zero-order valence-electron chi connectivity index (χ0n) is 11.1. The van der Waals surface area contributed by atoms with Crippen LogP contribution in [-0.4, -0.2) is 29.5 Å². The highest BCUT2D eigenvalue weighted by molar-refractivity contribution is 5.73. The number of hydrogen-bond donors (Lipinski definition) is 2. The van der Waals surface area contributed by atoms with Gasteiger partial charge in [-0.2, -0.15) is 0 Å². The minimum Gasteiger partial charge on any atom is -0.480 e. The van der Waals surface area contributed by atoms with E-state index in [9.17, 15) is 4.79 Å². The Morgan fingerprint density at radius 3 is 2.89 bits per heavy atom. The number of ether oxygens (including phenoxy) is 2. The van der Waals surface area contributed by atoms with E-state index >= 15 is 0 Å². The predicted octanol–water partition coefficient (Wildman–Crippen LogP) is 1.47. The van der Waals surface area contributed by atoms with Crippen LogP contribution in [0.5, 0.6) is 0 Å². The second-order valence-corrected chi connectivity index (χ2v) is 5.21. The van der Waals surface area contributed by atoms with Gasteiger partial charge in [-0.05, 0) is 31.4 Å². The zero-order chi connectivity index (χ0) is 14.0. The lowest BCUT2D eigenvalue weighted by Crippen LogP contribution is -2.32. The number of hydrogen-bond acceptors (Lipinski definition) is 4. The molecule has 5 nitrogen and oxygen atoms in total. The summed E-state index contributed by atoms with van der Waals surface area (Å²) >= 11 is 0. The molecule has 0 radical (unpaired) electrons. The summed E-state index contributed by atoms with van der Waals surface area (Å²) in [4.78, 5) is 10.8. The Kier molecular flexibility index (Phi) is 3.89. The van der Waals surface area contributed by atoms with Crippen molar-refractivity contribution >= 4 is 5.97 Å². The SMILES string of the molecule is CC1(C)OCC(c2cccc(CC(N)C(=O)O)c2)O1. The van der Waals surface area contributed by atoms with Crippen LogP contribution in [0.1, 0.15) is 31.1 Å². The maximum Gasteiger partial charge on any atom is 0.320 e. The fourth-order valence-electron chi connectivity index (χ4n) is 2.11. The van der Waals surface area contributed by atoms with E-state index in [0.717, 1.165) is 11.1 Å². The molecule has 0 aliphatic carbocycles. The molecule has 104 valence electrons. The molecule has 19 heavy (non-hydrogen) atoms. The van der Waals surface area contributed by atoms with Crippen molar-refractivity contribution in [2.24, 2.45) is 5.73 Å². The standard InChI is InChI=1S/C14H19NO4/c1-14(2)18-8-12(19-14)10-5-3-4-9(6-10)7-11(15)13(16)17/h3-6,11-12H,7-8,15H2,1-2H3,(H,16,17). The van der Waals surface area contributed by atoms with E-state index in [1.54, 1.807) is 0 Å². The van der Waals surface area contributed by atoms with Gasteiger partial charge >= 0.3 is 5.97 Å². The van der Waals surface area contributed by atoms with Crippen molar-refractivity contribution in [3.05, 3.63) is 35.4 Å². The highest BCUT2D eigenvalue weighted by Gasteiger charge is 2.33. The Bertz CT molecular complexity index is 472. The first kappa shape index (κ1) is 14.0. The van der Waals surface area contributed by atoms with E-state index in [4.69, 9.17) is 20.3 Å². The van der Waals surface area contributed by atoms with Gasteiger partial charge in [-0.3, -0.25) is 4.79 Å². The monoisotopic (exact) mass is 265 g/mol. The van der Waals surface area contributed by atoms with Crippen LogP contribution >= 0.6 is 0 Å². The first-order valence-corrected chi connectivity index (χ1v) is 6.26. The average molecular weight is 265 g/mol. The zero-order valence-corrected chi connectivity index (χ0v) is 11.1. The molecule has 3 N–H and O–H groups in total. The van der Waals surface area contributed by atoms with Crippen LogP contribution < -0.4 is 5.73 Å². The van der Waals surface area contributed by atoms with Crippen LogP contribution in [0.3, 0.4) is 0 Å². The fourth-order valence-corrected chi connectivity index (χ4v) is 2.11. The highest BCUT2D eigenvalue weighted by atomic mass is 16.7. The molecule has 1 aliphatic rings. The summed E-state index contributed by atoms with van der Waals surface area (Å²) in [6.45, 7) is 4.25. The van der Waals surface area contributed by atoms with Gasteiger partial charge < -0.3 is 20.3 Å². The van der Waals surface area contributed by atoms with Crippen LogP contribution in [0.25, 0.3) is 0 Å². The maximum absolute atomic E-state index is 10.8. The van der Waals surface area contributed by atoms with Crippen molar-refractivity contribution in [1.29, 1.82) is 0 Å². The van der Waals surface area contributed by atoms with Crippen molar-refractivity contribution in [3.63, 3.8) is 0 Å². The molecule has 0 bridgehead atoms. The van der Waals surface area contributed by atoms with Crippen molar-refractivity contribution < 1.29 is 19.4 Å². The third kappa shape index (κ3) is 3.53. The number of nitrogens with two attached hydrogens (primary N) is 1. The molecule has 0 saturated carbocycles. The third-order valence-electron chi connectivity index (χ3n) is 3.10. The topological polar surface area (TPSA) is 81.8 Å². The number of aliphatic carboxylic acids is 1. The summed E-state index contributed by atoms with van der Waals surface area (Å²) in [7, 11) is 0. The summed E-state index contributed by atoms with van der Waals surface area (Å²) < 4.78 is 11.3. The Hall–Kier alpha value is -1.43. The molecule has 1 fully saturated rings. The first-order chi connectivity index (χ1) is 8.87. The number of carboxylic acid groups (broad SMARTS) is 1. The van der Waals surface area contributed by atoms with E-state index in [1.807, 2.05) is 38.1 Å². The lowest BCUT2D eigenvalue weighted by molar-refractivity contribution is -0.139. The third-order valence-corrected chi connectivity index (χ3v) is 3.10. The molecule has 1 aliphatic heterocycles. The van der Waals surface area contributed by atoms with Crippen LogP contribution in [0, 0.1) is 0 Å². The van der Waals surface area contributed by atoms with Crippen molar-refractivity contribution in [1.82, 2.24) is 0 Å². The van der Waals surface area contributed by atoms with E-state index < -0.39 is 17.8 Å². The van der Waals surface area contributed by atoms with Crippen molar-refractivity contribution in [2.45, 2.75) is 38.2 Å².